The first kappa shape index (κ1) is 20.8. The molecule has 154 valence electrons. The lowest BCUT2D eigenvalue weighted by atomic mass is 10.0. The van der Waals surface area contributed by atoms with Gasteiger partial charge in [-0.1, -0.05) is 30.7 Å². The maximum Gasteiger partial charge on any atom is 0.270 e. The molecule has 3 rings (SSSR count). The van der Waals surface area contributed by atoms with E-state index in [0.717, 1.165) is 18.7 Å². The quantitative estimate of drug-likeness (QED) is 0.547. The number of anilines is 1. The summed E-state index contributed by atoms with van der Waals surface area (Å²) in [6.07, 6.45) is 3.86. The second kappa shape index (κ2) is 9.52. The summed E-state index contributed by atoms with van der Waals surface area (Å²) in [6, 6.07) is 13.4. The minimum atomic E-state index is -0.502. The molecule has 2 N–H and O–H groups in total. The fraction of sp³-hybridized carbons (Fsp3) is 0.409. The lowest BCUT2D eigenvalue weighted by Gasteiger charge is -2.33. The van der Waals surface area contributed by atoms with E-state index >= 15 is 0 Å². The van der Waals surface area contributed by atoms with E-state index in [9.17, 15) is 14.9 Å². The molecule has 0 aromatic heterocycles. The molecule has 29 heavy (non-hydrogen) atoms. The van der Waals surface area contributed by atoms with Gasteiger partial charge in [-0.05, 0) is 43.5 Å². The van der Waals surface area contributed by atoms with Crippen LogP contribution in [0.1, 0.15) is 47.7 Å². The largest absolute Gasteiger partial charge is 0.380 e. The zero-order valence-corrected chi connectivity index (χ0v) is 17.0. The number of nitro groups is 1. The van der Waals surface area contributed by atoms with Crippen LogP contribution in [0.4, 0.5) is 11.4 Å². The molecule has 0 radical (unpaired) electrons. The molecule has 1 unspecified atom stereocenters. The Morgan fingerprint density at radius 3 is 2.55 bits per heavy atom. The zero-order valence-electron chi connectivity index (χ0n) is 17.0. The maximum absolute atomic E-state index is 12.1. The van der Waals surface area contributed by atoms with Crippen molar-refractivity contribution in [1.82, 2.24) is 10.2 Å². The molecular formula is C22H28N4O3. The Hall–Kier alpha value is -2.93. The molecule has 1 aliphatic heterocycles. The van der Waals surface area contributed by atoms with Gasteiger partial charge in [-0.15, -0.1) is 0 Å². The number of carbonyl (C=O) groups is 1. The molecule has 7 nitrogen and oxygen atoms in total. The Kier molecular flexibility index (Phi) is 6.82. The fourth-order valence-electron chi connectivity index (χ4n) is 3.71. The number of piperidine rings is 1. The number of carbonyl (C=O) groups excluding carboxylic acids is 1. The molecule has 1 aliphatic rings. The van der Waals surface area contributed by atoms with Crippen LogP contribution in [0.3, 0.4) is 0 Å². The van der Waals surface area contributed by atoms with Crippen molar-refractivity contribution < 1.29 is 9.72 Å². The Balaban J connectivity index is 1.65. The summed E-state index contributed by atoms with van der Waals surface area (Å²) in [7, 11) is 1.51. The summed E-state index contributed by atoms with van der Waals surface area (Å²) in [5, 5.41) is 16.8. The first-order valence-corrected chi connectivity index (χ1v) is 10.0. The Labute approximate surface area is 171 Å². The summed E-state index contributed by atoms with van der Waals surface area (Å²) in [4.78, 5) is 25.1. The highest BCUT2D eigenvalue weighted by Gasteiger charge is 2.18. The van der Waals surface area contributed by atoms with Crippen LogP contribution in [0.25, 0.3) is 0 Å². The van der Waals surface area contributed by atoms with Gasteiger partial charge in [0.05, 0.1) is 10.5 Å². The highest BCUT2D eigenvalue weighted by molar-refractivity contribution is 6.00. The molecule has 7 heteroatoms. The van der Waals surface area contributed by atoms with Crippen molar-refractivity contribution in [3.63, 3.8) is 0 Å². The third kappa shape index (κ3) is 5.32. The second-order valence-electron chi connectivity index (χ2n) is 7.55. The summed E-state index contributed by atoms with van der Waals surface area (Å²) in [5.41, 5.74) is 3.11. The Morgan fingerprint density at radius 2 is 1.90 bits per heavy atom. The Bertz CT molecular complexity index is 867. The van der Waals surface area contributed by atoms with Crippen molar-refractivity contribution in [2.45, 2.75) is 45.3 Å². The van der Waals surface area contributed by atoms with Gasteiger partial charge in [0.1, 0.15) is 0 Å². The molecule has 2 aromatic carbocycles. The lowest BCUT2D eigenvalue weighted by molar-refractivity contribution is -0.384. The number of benzene rings is 2. The molecule has 1 amide bonds. The molecule has 1 saturated heterocycles. The monoisotopic (exact) mass is 396 g/mol. The molecule has 0 spiro atoms. The SMILES string of the molecule is CNC(=O)c1cc([N+](=O)[O-])ccc1NCc1ccc(CN2CCCCC2C)cc1. The van der Waals surface area contributed by atoms with Gasteiger partial charge in [0.2, 0.25) is 0 Å². The molecular weight excluding hydrogens is 368 g/mol. The third-order valence-electron chi connectivity index (χ3n) is 5.52. The van der Waals surface area contributed by atoms with Crippen molar-refractivity contribution in [3.8, 4) is 0 Å². The van der Waals surface area contributed by atoms with Crippen molar-refractivity contribution in [2.24, 2.45) is 0 Å². The van der Waals surface area contributed by atoms with E-state index < -0.39 is 4.92 Å². The fourth-order valence-corrected chi connectivity index (χ4v) is 3.71. The van der Waals surface area contributed by atoms with Gasteiger partial charge in [0.25, 0.3) is 11.6 Å². The third-order valence-corrected chi connectivity index (χ3v) is 5.52. The second-order valence-corrected chi connectivity index (χ2v) is 7.55. The number of likely N-dealkylation sites (tertiary alicyclic amines) is 1. The molecule has 0 bridgehead atoms. The highest BCUT2D eigenvalue weighted by Crippen LogP contribution is 2.23. The molecule has 1 heterocycles. The summed E-state index contributed by atoms with van der Waals surface area (Å²) in [5.74, 6) is -0.359. The number of non-ortho nitro benzene ring substituents is 1. The van der Waals surface area contributed by atoms with E-state index in [2.05, 4.69) is 46.7 Å². The van der Waals surface area contributed by atoms with Crippen molar-refractivity contribution in [1.29, 1.82) is 0 Å². The van der Waals surface area contributed by atoms with Crippen LogP contribution in [0, 0.1) is 10.1 Å². The predicted molar refractivity (Wildman–Crippen MR) is 114 cm³/mol. The van der Waals surface area contributed by atoms with Gasteiger partial charge < -0.3 is 10.6 Å². The normalized spacial score (nSPS) is 17.0. The van der Waals surface area contributed by atoms with Gasteiger partial charge in [-0.2, -0.15) is 0 Å². The summed E-state index contributed by atoms with van der Waals surface area (Å²) >= 11 is 0. The maximum atomic E-state index is 12.1. The smallest absolute Gasteiger partial charge is 0.270 e. The van der Waals surface area contributed by atoms with Gasteiger partial charge in [-0.25, -0.2) is 0 Å². The highest BCUT2D eigenvalue weighted by atomic mass is 16.6. The number of hydrogen-bond donors (Lipinski definition) is 2. The number of nitro benzene ring substituents is 1. The number of nitrogens with one attached hydrogen (secondary N) is 2. The van der Waals surface area contributed by atoms with Crippen LogP contribution < -0.4 is 10.6 Å². The number of amides is 1. The number of nitrogens with zero attached hydrogens (tertiary/aromatic N) is 2. The summed E-state index contributed by atoms with van der Waals surface area (Å²) < 4.78 is 0. The van der Waals surface area contributed by atoms with Gasteiger partial charge in [0.15, 0.2) is 0 Å². The van der Waals surface area contributed by atoms with Gasteiger partial charge in [-0.3, -0.25) is 19.8 Å². The topological polar surface area (TPSA) is 87.5 Å². The first-order chi connectivity index (χ1) is 14.0. The van der Waals surface area contributed by atoms with E-state index in [1.54, 1.807) is 6.07 Å². The van der Waals surface area contributed by atoms with Crippen LogP contribution in [-0.2, 0) is 13.1 Å². The van der Waals surface area contributed by atoms with Gasteiger partial charge in [0, 0.05) is 44.0 Å². The average Bonchev–Trinajstić information content (AvgIpc) is 2.74. The van der Waals surface area contributed by atoms with Crippen LogP contribution in [0.5, 0.6) is 0 Å². The number of hydrogen-bond acceptors (Lipinski definition) is 5. The van der Waals surface area contributed by atoms with Crippen LogP contribution in [-0.4, -0.2) is 35.4 Å². The molecule has 1 atom stereocenters. The van der Waals surface area contributed by atoms with Crippen molar-refractivity contribution >= 4 is 17.3 Å². The van der Waals surface area contributed by atoms with E-state index in [1.165, 1.54) is 44.0 Å². The van der Waals surface area contributed by atoms with E-state index in [0.29, 0.717) is 18.3 Å². The average molecular weight is 396 g/mol. The van der Waals surface area contributed by atoms with Gasteiger partial charge >= 0.3 is 0 Å². The predicted octanol–water partition coefficient (Wildman–Crippen LogP) is 3.94. The minimum Gasteiger partial charge on any atom is -0.380 e. The molecule has 0 aliphatic carbocycles. The minimum absolute atomic E-state index is 0.106. The van der Waals surface area contributed by atoms with Crippen LogP contribution in [0.15, 0.2) is 42.5 Å². The Morgan fingerprint density at radius 1 is 1.17 bits per heavy atom. The van der Waals surface area contributed by atoms with E-state index in [1.807, 2.05) is 0 Å². The lowest BCUT2D eigenvalue weighted by Crippen LogP contribution is -2.36. The molecule has 0 saturated carbocycles. The molecule has 1 fully saturated rings. The van der Waals surface area contributed by atoms with Crippen molar-refractivity contribution in [2.75, 3.05) is 18.9 Å². The summed E-state index contributed by atoms with van der Waals surface area (Å²) in [6.45, 7) is 4.96. The standard InChI is InChI=1S/C22H28N4O3/c1-16-5-3-4-12-25(16)15-18-8-6-17(7-9-18)14-24-21-11-10-19(26(28)29)13-20(21)22(27)23-2/h6-11,13,16,24H,3-5,12,14-15H2,1-2H3,(H,23,27). The first-order valence-electron chi connectivity index (χ1n) is 10.0. The van der Waals surface area contributed by atoms with E-state index in [4.69, 9.17) is 0 Å². The zero-order chi connectivity index (χ0) is 20.8. The molecule has 2 aromatic rings. The van der Waals surface area contributed by atoms with Crippen LogP contribution in [0.2, 0.25) is 0 Å². The van der Waals surface area contributed by atoms with Crippen molar-refractivity contribution in [3.05, 3.63) is 69.3 Å². The number of rotatable bonds is 7. The van der Waals surface area contributed by atoms with E-state index in [-0.39, 0.29) is 17.2 Å². The van der Waals surface area contributed by atoms with Crippen LogP contribution >= 0.6 is 0 Å².